The Morgan fingerprint density at radius 1 is 1.50 bits per heavy atom. The predicted octanol–water partition coefficient (Wildman–Crippen LogP) is 2.98. The summed E-state index contributed by atoms with van der Waals surface area (Å²) in [6.45, 7) is 9.45. The van der Waals surface area contributed by atoms with Crippen LogP contribution in [0.1, 0.15) is 18.3 Å². The third-order valence-electron chi connectivity index (χ3n) is 1.64. The van der Waals surface area contributed by atoms with Crippen molar-refractivity contribution in [2.75, 3.05) is 0 Å². The Labute approximate surface area is 89.3 Å². The first-order valence-electron chi connectivity index (χ1n) is 4.39. The van der Waals surface area contributed by atoms with Crippen molar-refractivity contribution in [2.24, 2.45) is 0 Å². The molecular formula is C11H13ClN2. The van der Waals surface area contributed by atoms with Crippen LogP contribution in [0.2, 0.25) is 5.28 Å². The minimum Gasteiger partial charge on any atom is -0.223 e. The standard InChI is InChI=1S/C11H13ClN2/c1-4-5-9-7-10(6-8(2)3)14-11(12)13-9/h4,7H,1-2,5-6H2,3H3. The third-order valence-corrected chi connectivity index (χ3v) is 1.81. The molecule has 0 aliphatic carbocycles. The molecule has 0 spiro atoms. The largest absolute Gasteiger partial charge is 0.223 e. The summed E-state index contributed by atoms with van der Waals surface area (Å²) in [5.41, 5.74) is 2.87. The van der Waals surface area contributed by atoms with Gasteiger partial charge in [-0.25, -0.2) is 9.97 Å². The Morgan fingerprint density at radius 2 is 2.14 bits per heavy atom. The van der Waals surface area contributed by atoms with Crippen molar-refractivity contribution in [3.63, 3.8) is 0 Å². The fraction of sp³-hybridized carbons (Fsp3) is 0.273. The monoisotopic (exact) mass is 208 g/mol. The molecule has 1 aromatic rings. The number of hydrogen-bond donors (Lipinski definition) is 0. The summed E-state index contributed by atoms with van der Waals surface area (Å²) in [5.74, 6) is 0. The van der Waals surface area contributed by atoms with E-state index in [1.54, 1.807) is 6.08 Å². The van der Waals surface area contributed by atoms with Crippen molar-refractivity contribution in [1.29, 1.82) is 0 Å². The summed E-state index contributed by atoms with van der Waals surface area (Å²) in [5, 5.41) is 0.292. The van der Waals surface area contributed by atoms with Crippen LogP contribution in [-0.4, -0.2) is 9.97 Å². The average Bonchev–Trinajstić information content (AvgIpc) is 2.01. The van der Waals surface area contributed by atoms with E-state index in [1.807, 2.05) is 13.0 Å². The summed E-state index contributed by atoms with van der Waals surface area (Å²) >= 11 is 5.78. The highest BCUT2D eigenvalue weighted by Gasteiger charge is 2.01. The molecule has 2 nitrogen and oxygen atoms in total. The predicted molar refractivity (Wildman–Crippen MR) is 59.5 cm³/mol. The summed E-state index contributed by atoms with van der Waals surface area (Å²) in [7, 11) is 0. The van der Waals surface area contributed by atoms with Gasteiger partial charge in [0.15, 0.2) is 0 Å². The molecule has 0 amide bonds. The number of rotatable bonds is 4. The molecule has 0 aliphatic rings. The third kappa shape index (κ3) is 3.30. The maximum Gasteiger partial charge on any atom is 0.222 e. The van der Waals surface area contributed by atoms with Crippen molar-refractivity contribution in [2.45, 2.75) is 19.8 Å². The second-order valence-electron chi connectivity index (χ2n) is 3.25. The quantitative estimate of drug-likeness (QED) is 0.562. The molecule has 0 saturated heterocycles. The van der Waals surface area contributed by atoms with E-state index in [9.17, 15) is 0 Å². The van der Waals surface area contributed by atoms with Crippen molar-refractivity contribution in [3.05, 3.63) is 47.5 Å². The van der Waals surface area contributed by atoms with Crippen molar-refractivity contribution in [1.82, 2.24) is 9.97 Å². The minimum atomic E-state index is 0.292. The van der Waals surface area contributed by atoms with Crippen LogP contribution in [-0.2, 0) is 12.8 Å². The van der Waals surface area contributed by atoms with Gasteiger partial charge in [0.1, 0.15) is 0 Å². The van der Waals surface area contributed by atoms with Gasteiger partial charge in [-0.1, -0.05) is 18.2 Å². The maximum atomic E-state index is 5.78. The van der Waals surface area contributed by atoms with Crippen LogP contribution in [0.15, 0.2) is 30.9 Å². The number of allylic oxidation sites excluding steroid dienone is 2. The molecule has 74 valence electrons. The van der Waals surface area contributed by atoms with Crippen molar-refractivity contribution >= 4 is 11.6 Å². The van der Waals surface area contributed by atoms with E-state index >= 15 is 0 Å². The molecule has 0 fully saturated rings. The van der Waals surface area contributed by atoms with Gasteiger partial charge < -0.3 is 0 Å². The van der Waals surface area contributed by atoms with Crippen LogP contribution in [0, 0.1) is 0 Å². The summed E-state index contributed by atoms with van der Waals surface area (Å²) in [4.78, 5) is 8.20. The highest BCUT2D eigenvalue weighted by molar-refractivity contribution is 6.28. The molecule has 1 heterocycles. The van der Waals surface area contributed by atoms with Gasteiger partial charge in [0, 0.05) is 24.2 Å². The lowest BCUT2D eigenvalue weighted by Gasteiger charge is -2.03. The van der Waals surface area contributed by atoms with E-state index in [1.165, 1.54) is 0 Å². The molecule has 0 N–H and O–H groups in total. The van der Waals surface area contributed by atoms with Crippen LogP contribution in [0.25, 0.3) is 0 Å². The van der Waals surface area contributed by atoms with Crippen LogP contribution >= 0.6 is 11.6 Å². The van der Waals surface area contributed by atoms with Crippen LogP contribution in [0.3, 0.4) is 0 Å². The van der Waals surface area contributed by atoms with Crippen LogP contribution < -0.4 is 0 Å². The summed E-state index contributed by atoms with van der Waals surface area (Å²) < 4.78 is 0. The molecule has 1 aromatic heterocycles. The van der Waals surface area contributed by atoms with Gasteiger partial charge >= 0.3 is 0 Å². The van der Waals surface area contributed by atoms with E-state index < -0.39 is 0 Å². The first-order valence-corrected chi connectivity index (χ1v) is 4.77. The van der Waals surface area contributed by atoms with Crippen molar-refractivity contribution in [3.8, 4) is 0 Å². The average molecular weight is 209 g/mol. The molecule has 0 unspecified atom stereocenters. The first-order chi connectivity index (χ1) is 6.61. The van der Waals surface area contributed by atoms with Gasteiger partial charge in [-0.2, -0.15) is 0 Å². The van der Waals surface area contributed by atoms with Gasteiger partial charge in [0.05, 0.1) is 0 Å². The Balaban J connectivity index is 2.94. The smallest absolute Gasteiger partial charge is 0.222 e. The molecule has 14 heavy (non-hydrogen) atoms. The van der Waals surface area contributed by atoms with Gasteiger partial charge in [0.25, 0.3) is 0 Å². The lowest BCUT2D eigenvalue weighted by molar-refractivity contribution is 0.969. The second kappa shape index (κ2) is 4.91. The maximum absolute atomic E-state index is 5.78. The normalized spacial score (nSPS) is 9.86. The SMILES string of the molecule is C=CCc1cc(CC(=C)C)nc(Cl)n1. The van der Waals surface area contributed by atoms with Gasteiger partial charge in [-0.15, -0.1) is 6.58 Å². The van der Waals surface area contributed by atoms with E-state index in [-0.39, 0.29) is 0 Å². The number of aromatic nitrogens is 2. The Morgan fingerprint density at radius 3 is 2.71 bits per heavy atom. The molecule has 3 heteroatoms. The fourth-order valence-electron chi connectivity index (χ4n) is 1.17. The van der Waals surface area contributed by atoms with Gasteiger partial charge in [0.2, 0.25) is 5.28 Å². The number of halogens is 1. The summed E-state index contributed by atoms with van der Waals surface area (Å²) in [6, 6.07) is 1.93. The fourth-order valence-corrected chi connectivity index (χ4v) is 1.39. The van der Waals surface area contributed by atoms with Crippen LogP contribution in [0.5, 0.6) is 0 Å². The topological polar surface area (TPSA) is 25.8 Å². The van der Waals surface area contributed by atoms with Gasteiger partial charge in [-0.05, 0) is 24.6 Å². The Kier molecular flexibility index (Phi) is 3.84. The molecule has 0 bridgehead atoms. The minimum absolute atomic E-state index is 0.292. The first kappa shape index (κ1) is 10.9. The van der Waals surface area contributed by atoms with E-state index in [2.05, 4.69) is 23.1 Å². The number of nitrogens with zero attached hydrogens (tertiary/aromatic N) is 2. The highest BCUT2D eigenvalue weighted by atomic mass is 35.5. The van der Waals surface area contributed by atoms with E-state index in [0.29, 0.717) is 11.7 Å². The zero-order valence-corrected chi connectivity index (χ0v) is 9.01. The van der Waals surface area contributed by atoms with Crippen LogP contribution in [0.4, 0.5) is 0 Å². The summed E-state index contributed by atoms with van der Waals surface area (Å²) in [6.07, 6.45) is 3.25. The molecule has 0 aliphatic heterocycles. The number of hydrogen-bond acceptors (Lipinski definition) is 2. The lowest BCUT2D eigenvalue weighted by atomic mass is 10.1. The molecule has 0 atom stereocenters. The van der Waals surface area contributed by atoms with E-state index in [0.717, 1.165) is 23.4 Å². The van der Waals surface area contributed by atoms with Gasteiger partial charge in [-0.3, -0.25) is 0 Å². The molecule has 0 aromatic carbocycles. The Bertz CT molecular complexity index is 358. The molecule has 0 saturated carbocycles. The molecule has 1 rings (SSSR count). The Hall–Kier alpha value is -1.15. The highest BCUT2D eigenvalue weighted by Crippen LogP contribution is 2.10. The van der Waals surface area contributed by atoms with E-state index in [4.69, 9.17) is 11.6 Å². The zero-order valence-electron chi connectivity index (χ0n) is 8.26. The lowest BCUT2D eigenvalue weighted by Crippen LogP contribution is -1.97. The second-order valence-corrected chi connectivity index (χ2v) is 3.58. The molecular weight excluding hydrogens is 196 g/mol. The molecule has 0 radical (unpaired) electrons. The van der Waals surface area contributed by atoms with Crippen molar-refractivity contribution < 1.29 is 0 Å². The zero-order chi connectivity index (χ0) is 10.6.